The molecular formula is C12H14N4OS. The van der Waals surface area contributed by atoms with Gasteiger partial charge in [-0.2, -0.15) is 0 Å². The van der Waals surface area contributed by atoms with Gasteiger partial charge in [0.2, 0.25) is 5.91 Å². The molecule has 0 N–H and O–H groups in total. The van der Waals surface area contributed by atoms with Crippen LogP contribution in [0, 0.1) is 5.41 Å². The highest BCUT2D eigenvalue weighted by atomic mass is 32.1. The Morgan fingerprint density at radius 3 is 2.44 bits per heavy atom. The number of amides is 1. The van der Waals surface area contributed by atoms with Crippen molar-refractivity contribution < 1.29 is 4.79 Å². The van der Waals surface area contributed by atoms with Gasteiger partial charge in [-0.05, 0) is 0 Å². The first-order chi connectivity index (χ1) is 8.50. The predicted octanol–water partition coefficient (Wildman–Crippen LogP) is 2.64. The van der Waals surface area contributed by atoms with Gasteiger partial charge >= 0.3 is 0 Å². The van der Waals surface area contributed by atoms with E-state index in [2.05, 4.69) is 15.0 Å². The summed E-state index contributed by atoms with van der Waals surface area (Å²) in [5, 5.41) is 1.83. The lowest BCUT2D eigenvalue weighted by atomic mass is 9.94. The maximum Gasteiger partial charge on any atom is 0.238 e. The second kappa shape index (κ2) is 4.81. The van der Waals surface area contributed by atoms with E-state index in [1.807, 2.05) is 26.2 Å². The van der Waals surface area contributed by atoms with Gasteiger partial charge < -0.3 is 0 Å². The predicted molar refractivity (Wildman–Crippen MR) is 70.7 cm³/mol. The normalized spacial score (nSPS) is 11.3. The number of hydrogen-bond acceptors (Lipinski definition) is 5. The van der Waals surface area contributed by atoms with Gasteiger partial charge in [-0.15, -0.1) is 11.3 Å². The van der Waals surface area contributed by atoms with Gasteiger partial charge in [0.25, 0.3) is 0 Å². The summed E-state index contributed by atoms with van der Waals surface area (Å²) in [6.07, 6.45) is 4.65. The molecule has 1 amide bonds. The molecule has 0 radical (unpaired) electrons. The zero-order chi connectivity index (χ0) is 13.2. The number of thiazole rings is 1. The van der Waals surface area contributed by atoms with Crippen molar-refractivity contribution in [3.05, 3.63) is 29.6 Å². The standard InChI is InChI=1S/C12H14N4OS/c1-12(2,3)11(17)16(10-6-18-8-15-10)9-4-13-7-14-5-9/h4-8H,1-3H3. The molecule has 2 heterocycles. The molecule has 0 aliphatic rings. The van der Waals surface area contributed by atoms with Crippen molar-refractivity contribution in [2.45, 2.75) is 20.8 Å². The molecule has 0 atom stereocenters. The van der Waals surface area contributed by atoms with E-state index in [4.69, 9.17) is 0 Å². The summed E-state index contributed by atoms with van der Waals surface area (Å²) in [5.41, 5.74) is 1.82. The number of carbonyl (C=O) groups is 1. The first-order valence-electron chi connectivity index (χ1n) is 5.48. The maximum atomic E-state index is 12.5. The Hall–Kier alpha value is -1.82. The zero-order valence-electron chi connectivity index (χ0n) is 10.5. The summed E-state index contributed by atoms with van der Waals surface area (Å²) in [5.74, 6) is 0.568. The Morgan fingerprint density at radius 1 is 1.28 bits per heavy atom. The molecule has 2 aromatic rings. The van der Waals surface area contributed by atoms with Crippen LogP contribution in [0.25, 0.3) is 0 Å². The van der Waals surface area contributed by atoms with E-state index < -0.39 is 5.41 Å². The number of nitrogens with zero attached hydrogens (tertiary/aromatic N) is 4. The number of aromatic nitrogens is 3. The average molecular weight is 262 g/mol. The molecule has 0 aliphatic carbocycles. The van der Waals surface area contributed by atoms with E-state index in [1.165, 1.54) is 17.7 Å². The lowest BCUT2D eigenvalue weighted by Gasteiger charge is -2.27. The van der Waals surface area contributed by atoms with Gasteiger partial charge in [-0.25, -0.2) is 15.0 Å². The Bertz CT molecular complexity index is 519. The lowest BCUT2D eigenvalue weighted by Crippen LogP contribution is -2.36. The van der Waals surface area contributed by atoms with E-state index in [-0.39, 0.29) is 5.91 Å². The van der Waals surface area contributed by atoms with Crippen LogP contribution in [0.4, 0.5) is 11.5 Å². The third-order valence-electron chi connectivity index (χ3n) is 2.30. The van der Waals surface area contributed by atoms with Crippen molar-refractivity contribution in [3.63, 3.8) is 0 Å². The van der Waals surface area contributed by atoms with Gasteiger partial charge in [0.05, 0.1) is 23.6 Å². The molecular weight excluding hydrogens is 248 g/mol. The summed E-state index contributed by atoms with van der Waals surface area (Å²) >= 11 is 1.44. The van der Waals surface area contributed by atoms with Gasteiger partial charge in [0, 0.05) is 10.8 Å². The number of carbonyl (C=O) groups excluding carboxylic acids is 1. The highest BCUT2D eigenvalue weighted by Gasteiger charge is 2.30. The van der Waals surface area contributed by atoms with Crippen LogP contribution in [0.15, 0.2) is 29.6 Å². The number of anilines is 2. The van der Waals surface area contributed by atoms with Crippen LogP contribution in [-0.2, 0) is 4.79 Å². The van der Waals surface area contributed by atoms with E-state index in [0.717, 1.165) is 0 Å². The molecule has 0 spiro atoms. The van der Waals surface area contributed by atoms with Crippen molar-refractivity contribution in [2.24, 2.45) is 5.41 Å². The molecule has 18 heavy (non-hydrogen) atoms. The van der Waals surface area contributed by atoms with E-state index in [1.54, 1.807) is 22.8 Å². The smallest absolute Gasteiger partial charge is 0.238 e. The highest BCUT2D eigenvalue weighted by molar-refractivity contribution is 7.07. The second-order valence-electron chi connectivity index (χ2n) is 4.83. The average Bonchev–Trinajstić information content (AvgIpc) is 2.83. The molecule has 94 valence electrons. The molecule has 0 bridgehead atoms. The van der Waals surface area contributed by atoms with Crippen LogP contribution in [0.3, 0.4) is 0 Å². The fourth-order valence-corrected chi connectivity index (χ4v) is 1.93. The summed E-state index contributed by atoms with van der Waals surface area (Å²) in [4.78, 5) is 26.1. The molecule has 0 unspecified atom stereocenters. The summed E-state index contributed by atoms with van der Waals surface area (Å²) < 4.78 is 0. The minimum Gasteiger partial charge on any atom is -0.273 e. The van der Waals surface area contributed by atoms with Crippen LogP contribution in [-0.4, -0.2) is 20.9 Å². The maximum absolute atomic E-state index is 12.5. The van der Waals surface area contributed by atoms with Crippen LogP contribution in [0.2, 0.25) is 0 Å². The third kappa shape index (κ3) is 2.53. The van der Waals surface area contributed by atoms with Crippen molar-refractivity contribution >= 4 is 28.7 Å². The van der Waals surface area contributed by atoms with Gasteiger partial charge in [0.15, 0.2) is 5.82 Å². The van der Waals surface area contributed by atoms with Crippen LogP contribution < -0.4 is 4.90 Å². The lowest BCUT2D eigenvalue weighted by molar-refractivity contribution is -0.125. The highest BCUT2D eigenvalue weighted by Crippen LogP contribution is 2.29. The van der Waals surface area contributed by atoms with Gasteiger partial charge in [-0.1, -0.05) is 20.8 Å². The molecule has 5 nitrogen and oxygen atoms in total. The second-order valence-corrected chi connectivity index (χ2v) is 5.55. The van der Waals surface area contributed by atoms with Crippen LogP contribution >= 0.6 is 11.3 Å². The fourth-order valence-electron chi connectivity index (χ4n) is 1.41. The molecule has 6 heteroatoms. The Kier molecular flexibility index (Phi) is 3.38. The minimum atomic E-state index is -0.501. The van der Waals surface area contributed by atoms with Gasteiger partial charge in [0.1, 0.15) is 6.33 Å². The van der Waals surface area contributed by atoms with Crippen molar-refractivity contribution in [3.8, 4) is 0 Å². The molecule has 0 aliphatic heterocycles. The SMILES string of the molecule is CC(C)(C)C(=O)N(c1cncnc1)c1cscn1. The summed E-state index contributed by atoms with van der Waals surface area (Å²) in [6, 6.07) is 0. The Labute approximate surface area is 110 Å². The largest absolute Gasteiger partial charge is 0.273 e. The van der Waals surface area contributed by atoms with Crippen LogP contribution in [0.5, 0.6) is 0 Å². The molecule has 2 aromatic heterocycles. The first kappa shape index (κ1) is 12.6. The van der Waals surface area contributed by atoms with E-state index in [9.17, 15) is 4.79 Å². The van der Waals surface area contributed by atoms with E-state index >= 15 is 0 Å². The topological polar surface area (TPSA) is 59.0 Å². The van der Waals surface area contributed by atoms with Gasteiger partial charge in [-0.3, -0.25) is 9.69 Å². The number of hydrogen-bond donors (Lipinski definition) is 0. The molecule has 0 fully saturated rings. The zero-order valence-corrected chi connectivity index (χ0v) is 11.3. The van der Waals surface area contributed by atoms with Crippen molar-refractivity contribution in [2.75, 3.05) is 4.90 Å². The van der Waals surface area contributed by atoms with Crippen molar-refractivity contribution in [1.29, 1.82) is 0 Å². The third-order valence-corrected chi connectivity index (χ3v) is 2.87. The first-order valence-corrected chi connectivity index (χ1v) is 6.42. The fraction of sp³-hybridized carbons (Fsp3) is 0.333. The molecule has 0 aromatic carbocycles. The Morgan fingerprint density at radius 2 is 1.94 bits per heavy atom. The monoisotopic (exact) mass is 262 g/mol. The minimum absolute atomic E-state index is 0.0387. The summed E-state index contributed by atoms with van der Waals surface area (Å²) in [6.45, 7) is 5.62. The summed E-state index contributed by atoms with van der Waals surface area (Å²) in [7, 11) is 0. The molecule has 2 rings (SSSR count). The molecule has 0 saturated carbocycles. The number of rotatable bonds is 2. The van der Waals surface area contributed by atoms with E-state index in [0.29, 0.717) is 11.5 Å². The van der Waals surface area contributed by atoms with Crippen LogP contribution in [0.1, 0.15) is 20.8 Å². The molecule has 0 saturated heterocycles. The quantitative estimate of drug-likeness (QED) is 0.834. The Balaban J connectivity index is 2.46. The van der Waals surface area contributed by atoms with Crippen molar-refractivity contribution in [1.82, 2.24) is 15.0 Å².